The predicted molar refractivity (Wildman–Crippen MR) is 43.6 cm³/mol. The Kier molecular flexibility index (Phi) is 2.65. The first-order chi connectivity index (χ1) is 5.70. The summed E-state index contributed by atoms with van der Waals surface area (Å²) in [6.07, 6.45) is 0. The molecule has 1 aromatic rings. The number of hydrogen-bond acceptors (Lipinski definition) is 2. The summed E-state index contributed by atoms with van der Waals surface area (Å²) in [5, 5.41) is 8.73. The lowest BCUT2D eigenvalue weighted by Crippen LogP contribution is -1.96. The van der Waals surface area contributed by atoms with Gasteiger partial charge in [0.05, 0.1) is 13.7 Å². The van der Waals surface area contributed by atoms with Gasteiger partial charge in [-0.3, -0.25) is 0 Å². The zero-order chi connectivity index (χ0) is 9.14. The van der Waals surface area contributed by atoms with Crippen LogP contribution in [0.15, 0.2) is 12.1 Å². The summed E-state index contributed by atoms with van der Waals surface area (Å²) >= 11 is 0. The molecule has 0 saturated carbocycles. The fraction of sp³-hybridized carbons (Fsp3) is 0.333. The Morgan fingerprint density at radius 3 is 2.67 bits per heavy atom. The van der Waals surface area contributed by atoms with Crippen molar-refractivity contribution in [2.24, 2.45) is 0 Å². The van der Waals surface area contributed by atoms with E-state index in [4.69, 9.17) is 9.84 Å². The number of hydrogen-bond donors (Lipinski definition) is 1. The van der Waals surface area contributed by atoms with E-state index >= 15 is 0 Å². The second-order valence-corrected chi connectivity index (χ2v) is 2.52. The molecular weight excluding hydrogens is 159 g/mol. The zero-order valence-corrected chi connectivity index (χ0v) is 7.10. The van der Waals surface area contributed by atoms with Gasteiger partial charge in [0.1, 0.15) is 11.6 Å². The lowest BCUT2D eigenvalue weighted by molar-refractivity contribution is 0.275. The molecule has 1 aromatic carbocycles. The van der Waals surface area contributed by atoms with Gasteiger partial charge in [-0.1, -0.05) is 6.07 Å². The molecule has 12 heavy (non-hydrogen) atoms. The molecule has 0 unspecified atom stereocenters. The van der Waals surface area contributed by atoms with Gasteiger partial charge in [-0.2, -0.15) is 0 Å². The van der Waals surface area contributed by atoms with E-state index in [0.29, 0.717) is 16.9 Å². The van der Waals surface area contributed by atoms with Gasteiger partial charge < -0.3 is 9.84 Å². The highest BCUT2D eigenvalue weighted by Gasteiger charge is 2.08. The predicted octanol–water partition coefficient (Wildman–Crippen LogP) is 1.64. The Bertz CT molecular complexity index is 255. The van der Waals surface area contributed by atoms with Crippen LogP contribution in [0.4, 0.5) is 4.39 Å². The molecule has 0 spiro atoms. The minimum Gasteiger partial charge on any atom is -0.496 e. The smallest absolute Gasteiger partial charge is 0.135 e. The number of ether oxygens (including phenoxy) is 1. The van der Waals surface area contributed by atoms with Crippen LogP contribution in [-0.2, 0) is 6.61 Å². The first kappa shape index (κ1) is 9.00. The van der Waals surface area contributed by atoms with E-state index in [9.17, 15) is 4.39 Å². The van der Waals surface area contributed by atoms with Crippen LogP contribution in [0.25, 0.3) is 0 Å². The average Bonchev–Trinajstić information content (AvgIpc) is 2.10. The minimum absolute atomic E-state index is 0.281. The Labute approximate surface area is 70.6 Å². The van der Waals surface area contributed by atoms with Gasteiger partial charge in [-0.15, -0.1) is 0 Å². The maximum Gasteiger partial charge on any atom is 0.135 e. The normalized spacial score (nSPS) is 10.0. The van der Waals surface area contributed by atoms with Crippen molar-refractivity contribution in [3.05, 3.63) is 29.1 Å². The Hall–Kier alpha value is -1.09. The first-order valence-corrected chi connectivity index (χ1v) is 3.63. The van der Waals surface area contributed by atoms with E-state index in [0.717, 1.165) is 0 Å². The van der Waals surface area contributed by atoms with Crippen molar-refractivity contribution in [1.29, 1.82) is 0 Å². The number of aliphatic hydroxyl groups is 1. The van der Waals surface area contributed by atoms with Gasteiger partial charge in [0.2, 0.25) is 0 Å². The standard InChI is InChI=1S/C9H11FO2/c1-6-8(12-2)4-3-7(5-11)9(6)10/h3-4,11H,5H2,1-2H3. The second kappa shape index (κ2) is 3.54. The maximum absolute atomic E-state index is 13.2. The number of aliphatic hydroxyl groups excluding tert-OH is 1. The fourth-order valence-electron chi connectivity index (χ4n) is 1.07. The fourth-order valence-corrected chi connectivity index (χ4v) is 1.07. The summed E-state index contributed by atoms with van der Waals surface area (Å²) < 4.78 is 18.1. The lowest BCUT2D eigenvalue weighted by Gasteiger charge is -2.07. The summed E-state index contributed by atoms with van der Waals surface area (Å²) in [7, 11) is 1.49. The molecule has 0 bridgehead atoms. The van der Waals surface area contributed by atoms with E-state index in [1.54, 1.807) is 13.0 Å². The Morgan fingerprint density at radius 1 is 1.50 bits per heavy atom. The van der Waals surface area contributed by atoms with Crippen molar-refractivity contribution in [3.8, 4) is 5.75 Å². The molecule has 0 heterocycles. The van der Waals surface area contributed by atoms with Crippen LogP contribution in [-0.4, -0.2) is 12.2 Å². The van der Waals surface area contributed by atoms with Crippen molar-refractivity contribution >= 4 is 0 Å². The van der Waals surface area contributed by atoms with E-state index in [-0.39, 0.29) is 6.61 Å². The summed E-state index contributed by atoms with van der Waals surface area (Å²) in [6, 6.07) is 3.16. The lowest BCUT2D eigenvalue weighted by atomic mass is 10.1. The highest BCUT2D eigenvalue weighted by atomic mass is 19.1. The first-order valence-electron chi connectivity index (χ1n) is 3.63. The third-order valence-corrected chi connectivity index (χ3v) is 1.81. The molecule has 0 aromatic heterocycles. The molecule has 2 nitrogen and oxygen atoms in total. The number of methoxy groups -OCH3 is 1. The summed E-state index contributed by atoms with van der Waals surface area (Å²) in [4.78, 5) is 0. The van der Waals surface area contributed by atoms with E-state index in [1.165, 1.54) is 13.2 Å². The van der Waals surface area contributed by atoms with Crippen LogP contribution in [0.5, 0.6) is 5.75 Å². The Morgan fingerprint density at radius 2 is 2.17 bits per heavy atom. The monoisotopic (exact) mass is 170 g/mol. The largest absolute Gasteiger partial charge is 0.496 e. The van der Waals surface area contributed by atoms with Crippen LogP contribution in [0, 0.1) is 12.7 Å². The van der Waals surface area contributed by atoms with Crippen molar-refractivity contribution in [1.82, 2.24) is 0 Å². The van der Waals surface area contributed by atoms with Crippen LogP contribution >= 0.6 is 0 Å². The summed E-state index contributed by atoms with van der Waals surface area (Å²) in [6.45, 7) is 1.34. The van der Waals surface area contributed by atoms with Crippen molar-refractivity contribution in [2.45, 2.75) is 13.5 Å². The van der Waals surface area contributed by atoms with Gasteiger partial charge >= 0.3 is 0 Å². The minimum atomic E-state index is -0.392. The highest BCUT2D eigenvalue weighted by Crippen LogP contribution is 2.22. The quantitative estimate of drug-likeness (QED) is 0.731. The number of benzene rings is 1. The van der Waals surface area contributed by atoms with Crippen LogP contribution in [0.2, 0.25) is 0 Å². The molecular formula is C9H11FO2. The molecule has 0 radical (unpaired) electrons. The van der Waals surface area contributed by atoms with Crippen LogP contribution in [0.1, 0.15) is 11.1 Å². The van der Waals surface area contributed by atoms with Crippen LogP contribution < -0.4 is 4.74 Å². The van der Waals surface area contributed by atoms with Gasteiger partial charge in [-0.05, 0) is 13.0 Å². The summed E-state index contributed by atoms with van der Waals surface area (Å²) in [5.74, 6) is 0.113. The highest BCUT2D eigenvalue weighted by molar-refractivity contribution is 5.37. The SMILES string of the molecule is COc1ccc(CO)c(F)c1C. The van der Waals surface area contributed by atoms with Crippen molar-refractivity contribution in [3.63, 3.8) is 0 Å². The van der Waals surface area contributed by atoms with Gasteiger partial charge in [0, 0.05) is 11.1 Å². The molecule has 0 aliphatic carbocycles. The van der Waals surface area contributed by atoms with E-state index in [2.05, 4.69) is 0 Å². The second-order valence-electron chi connectivity index (χ2n) is 2.52. The molecule has 0 fully saturated rings. The van der Waals surface area contributed by atoms with E-state index < -0.39 is 5.82 Å². The Balaban J connectivity index is 3.20. The van der Waals surface area contributed by atoms with Crippen molar-refractivity contribution < 1.29 is 14.2 Å². The molecule has 66 valence electrons. The average molecular weight is 170 g/mol. The molecule has 0 atom stereocenters. The summed E-state index contributed by atoms with van der Waals surface area (Å²) in [5.41, 5.74) is 0.734. The van der Waals surface area contributed by atoms with Crippen LogP contribution in [0.3, 0.4) is 0 Å². The van der Waals surface area contributed by atoms with Gasteiger partial charge in [0.15, 0.2) is 0 Å². The molecule has 1 N–H and O–H groups in total. The molecule has 0 saturated heterocycles. The number of halogens is 1. The molecule has 1 rings (SSSR count). The third kappa shape index (κ3) is 1.41. The molecule has 0 amide bonds. The number of rotatable bonds is 2. The molecule has 3 heteroatoms. The maximum atomic E-state index is 13.2. The van der Waals surface area contributed by atoms with Gasteiger partial charge in [-0.25, -0.2) is 4.39 Å². The topological polar surface area (TPSA) is 29.5 Å². The third-order valence-electron chi connectivity index (χ3n) is 1.81. The van der Waals surface area contributed by atoms with E-state index in [1.807, 2.05) is 0 Å². The zero-order valence-electron chi connectivity index (χ0n) is 7.10. The van der Waals surface area contributed by atoms with Gasteiger partial charge in [0.25, 0.3) is 0 Å². The molecule has 0 aliphatic rings. The van der Waals surface area contributed by atoms with Crippen molar-refractivity contribution in [2.75, 3.05) is 7.11 Å². The molecule has 0 aliphatic heterocycles.